The van der Waals surface area contributed by atoms with E-state index in [1.54, 1.807) is 0 Å². The molecule has 0 aromatic heterocycles. The van der Waals surface area contributed by atoms with E-state index in [4.69, 9.17) is 10.8 Å². The van der Waals surface area contributed by atoms with Gasteiger partial charge in [0.05, 0.1) is 0 Å². The van der Waals surface area contributed by atoms with Gasteiger partial charge in [-0.15, -0.1) is 0 Å². The minimum Gasteiger partial charge on any atom is -0.480 e. The first-order valence-electron chi connectivity index (χ1n) is 6.95. The zero-order valence-corrected chi connectivity index (χ0v) is 11.7. The monoisotopic (exact) mass is 285 g/mol. The molecule has 1 aliphatic rings. The van der Waals surface area contributed by atoms with Crippen molar-refractivity contribution in [3.63, 3.8) is 0 Å². The van der Waals surface area contributed by atoms with E-state index in [2.05, 4.69) is 17.6 Å². The highest BCUT2D eigenvalue weighted by Gasteiger charge is 2.25. The lowest BCUT2D eigenvalue weighted by Gasteiger charge is -2.18. The van der Waals surface area contributed by atoms with Crippen molar-refractivity contribution < 1.29 is 19.5 Å². The summed E-state index contributed by atoms with van der Waals surface area (Å²) in [4.78, 5) is 33.3. The Morgan fingerprint density at radius 2 is 2.05 bits per heavy atom. The van der Waals surface area contributed by atoms with E-state index >= 15 is 0 Å². The number of carboxylic acid groups (broad SMARTS) is 1. The molecule has 3 atom stereocenters. The number of nitrogens with two attached hydrogens (primary N) is 1. The Labute approximate surface area is 118 Å². The van der Waals surface area contributed by atoms with Gasteiger partial charge in [0, 0.05) is 13.0 Å². The Hall–Kier alpha value is -1.79. The predicted octanol–water partition coefficient (Wildman–Crippen LogP) is 0.441. The van der Waals surface area contributed by atoms with E-state index in [1.807, 2.05) is 0 Å². The van der Waals surface area contributed by atoms with Crippen LogP contribution in [0.25, 0.3) is 0 Å². The Balaban J connectivity index is 2.33. The van der Waals surface area contributed by atoms with Gasteiger partial charge in [0.2, 0.25) is 5.91 Å². The first kappa shape index (κ1) is 16.3. The van der Waals surface area contributed by atoms with Crippen LogP contribution < -0.4 is 16.4 Å². The molecule has 0 radical (unpaired) electrons. The van der Waals surface area contributed by atoms with Crippen LogP contribution in [0.1, 0.15) is 39.0 Å². The number of primary amides is 1. The van der Waals surface area contributed by atoms with Crippen LogP contribution in [-0.4, -0.2) is 35.6 Å². The van der Waals surface area contributed by atoms with Crippen LogP contribution in [0.5, 0.6) is 0 Å². The molecule has 2 unspecified atom stereocenters. The summed E-state index contributed by atoms with van der Waals surface area (Å²) in [5.74, 6) is -0.719. The van der Waals surface area contributed by atoms with Gasteiger partial charge in [0.1, 0.15) is 6.04 Å². The third-order valence-corrected chi connectivity index (χ3v) is 3.85. The van der Waals surface area contributed by atoms with E-state index in [1.165, 1.54) is 12.8 Å². The molecule has 3 amide bonds. The molecule has 1 aliphatic carbocycles. The van der Waals surface area contributed by atoms with Gasteiger partial charge in [0.25, 0.3) is 0 Å². The number of hydrogen-bond donors (Lipinski definition) is 4. The first-order chi connectivity index (χ1) is 9.40. The quantitative estimate of drug-likeness (QED) is 0.542. The molecule has 7 heteroatoms. The second kappa shape index (κ2) is 7.72. The normalized spacial score (nSPS) is 23.1. The van der Waals surface area contributed by atoms with Crippen molar-refractivity contribution in [2.45, 2.75) is 45.1 Å². The fraction of sp³-hybridized carbons (Fsp3) is 0.769. The zero-order chi connectivity index (χ0) is 15.1. The number of carbonyl (C=O) groups is 3. The molecule has 20 heavy (non-hydrogen) atoms. The van der Waals surface area contributed by atoms with Crippen LogP contribution in [0, 0.1) is 11.8 Å². The number of nitrogens with one attached hydrogen (secondary N) is 2. The lowest BCUT2D eigenvalue weighted by Crippen LogP contribution is -2.47. The van der Waals surface area contributed by atoms with Gasteiger partial charge in [-0.25, -0.2) is 9.59 Å². The van der Waals surface area contributed by atoms with Crippen LogP contribution in [0.3, 0.4) is 0 Å². The van der Waals surface area contributed by atoms with Crippen molar-refractivity contribution in [1.82, 2.24) is 10.6 Å². The topological polar surface area (TPSA) is 122 Å². The molecule has 0 bridgehead atoms. The maximum absolute atomic E-state index is 11.7. The lowest BCUT2D eigenvalue weighted by molar-refractivity contribution is -0.139. The third-order valence-electron chi connectivity index (χ3n) is 3.85. The average Bonchev–Trinajstić information content (AvgIpc) is 2.77. The molecule has 1 rings (SSSR count). The second-order valence-corrected chi connectivity index (χ2v) is 5.42. The van der Waals surface area contributed by atoms with Crippen molar-refractivity contribution in [1.29, 1.82) is 0 Å². The number of carboxylic acids is 1. The predicted molar refractivity (Wildman–Crippen MR) is 72.9 cm³/mol. The van der Waals surface area contributed by atoms with E-state index < -0.39 is 23.9 Å². The standard InChI is InChI=1S/C13H23N3O4/c1-8-3-2-4-9(8)7-15-13(20)16-10(12(18)19)5-6-11(14)17/h8-10H,2-7H2,1H3,(H2,14,17)(H,18,19)(H2,15,16,20)/t8?,9?,10-/m1/s1. The molecular formula is C13H23N3O4. The minimum atomic E-state index is -1.17. The molecule has 0 spiro atoms. The van der Waals surface area contributed by atoms with Crippen molar-refractivity contribution in [3.8, 4) is 0 Å². The summed E-state index contributed by atoms with van der Waals surface area (Å²) in [6.45, 7) is 2.71. The number of carbonyl (C=O) groups excluding carboxylic acids is 2. The average molecular weight is 285 g/mol. The number of hydrogen-bond acceptors (Lipinski definition) is 3. The smallest absolute Gasteiger partial charge is 0.326 e. The van der Waals surface area contributed by atoms with Crippen LogP contribution in [-0.2, 0) is 9.59 Å². The lowest BCUT2D eigenvalue weighted by atomic mass is 9.98. The summed E-state index contributed by atoms with van der Waals surface area (Å²) in [5, 5.41) is 14.0. The fourth-order valence-electron chi connectivity index (χ4n) is 2.50. The molecule has 0 aromatic rings. The summed E-state index contributed by atoms with van der Waals surface area (Å²) in [7, 11) is 0. The SMILES string of the molecule is CC1CCCC1CNC(=O)N[C@H](CCC(N)=O)C(=O)O. The highest BCUT2D eigenvalue weighted by atomic mass is 16.4. The minimum absolute atomic E-state index is 0.00207. The number of aliphatic carboxylic acids is 1. The molecule has 7 nitrogen and oxygen atoms in total. The van der Waals surface area contributed by atoms with E-state index in [9.17, 15) is 14.4 Å². The molecule has 0 saturated heterocycles. The van der Waals surface area contributed by atoms with Crippen LogP contribution in [0.15, 0.2) is 0 Å². The Morgan fingerprint density at radius 3 is 2.55 bits per heavy atom. The molecule has 0 aliphatic heterocycles. The van der Waals surface area contributed by atoms with Crippen LogP contribution in [0.2, 0.25) is 0 Å². The third kappa shape index (κ3) is 5.46. The van der Waals surface area contributed by atoms with Crippen molar-refractivity contribution in [2.75, 3.05) is 6.54 Å². The Kier molecular flexibility index (Phi) is 6.27. The maximum atomic E-state index is 11.7. The summed E-state index contributed by atoms with van der Waals surface area (Å²) in [5.41, 5.74) is 4.97. The molecule has 5 N–H and O–H groups in total. The van der Waals surface area contributed by atoms with Gasteiger partial charge in [-0.2, -0.15) is 0 Å². The van der Waals surface area contributed by atoms with Crippen molar-refractivity contribution in [3.05, 3.63) is 0 Å². The fourth-order valence-corrected chi connectivity index (χ4v) is 2.50. The van der Waals surface area contributed by atoms with Gasteiger partial charge >= 0.3 is 12.0 Å². The largest absolute Gasteiger partial charge is 0.480 e. The Morgan fingerprint density at radius 1 is 1.35 bits per heavy atom. The van der Waals surface area contributed by atoms with Gasteiger partial charge in [-0.05, 0) is 24.7 Å². The van der Waals surface area contributed by atoms with Gasteiger partial charge in [-0.1, -0.05) is 19.8 Å². The van der Waals surface area contributed by atoms with E-state index in [0.29, 0.717) is 18.4 Å². The van der Waals surface area contributed by atoms with E-state index in [0.717, 1.165) is 6.42 Å². The summed E-state index contributed by atoms with van der Waals surface area (Å²) >= 11 is 0. The van der Waals surface area contributed by atoms with E-state index in [-0.39, 0.29) is 12.8 Å². The van der Waals surface area contributed by atoms with Crippen LogP contribution in [0.4, 0.5) is 4.79 Å². The zero-order valence-electron chi connectivity index (χ0n) is 11.7. The Bertz CT molecular complexity index is 373. The molecule has 1 fully saturated rings. The first-order valence-corrected chi connectivity index (χ1v) is 6.95. The molecule has 1 saturated carbocycles. The highest BCUT2D eigenvalue weighted by molar-refractivity contribution is 5.83. The van der Waals surface area contributed by atoms with Crippen molar-refractivity contribution in [2.24, 2.45) is 17.6 Å². The van der Waals surface area contributed by atoms with Gasteiger partial charge < -0.3 is 21.5 Å². The number of rotatable bonds is 7. The molecular weight excluding hydrogens is 262 g/mol. The van der Waals surface area contributed by atoms with Crippen LogP contribution >= 0.6 is 0 Å². The summed E-state index contributed by atoms with van der Waals surface area (Å²) in [6, 6.07) is -1.61. The molecule has 0 aromatic carbocycles. The van der Waals surface area contributed by atoms with Gasteiger partial charge in [-0.3, -0.25) is 4.79 Å². The highest BCUT2D eigenvalue weighted by Crippen LogP contribution is 2.30. The number of urea groups is 1. The number of amides is 3. The maximum Gasteiger partial charge on any atom is 0.326 e. The van der Waals surface area contributed by atoms with Crippen molar-refractivity contribution >= 4 is 17.9 Å². The van der Waals surface area contributed by atoms with Gasteiger partial charge in [0.15, 0.2) is 0 Å². The summed E-state index contributed by atoms with van der Waals surface area (Å²) < 4.78 is 0. The molecule has 0 heterocycles. The summed E-state index contributed by atoms with van der Waals surface area (Å²) in [6.07, 6.45) is 3.36. The second-order valence-electron chi connectivity index (χ2n) is 5.42. The molecule has 114 valence electrons.